The number of nitrogens with two attached hydrogens (primary N) is 2. The van der Waals surface area contributed by atoms with Crippen LogP contribution in [0.4, 0.5) is 11.4 Å². The molecule has 0 atom stereocenters. The number of aryl methyl sites for hydroxylation is 2. The zero-order valence-electron chi connectivity index (χ0n) is 18.1. The van der Waals surface area contributed by atoms with Gasteiger partial charge in [0.25, 0.3) is 11.7 Å². The molecular weight excluding hydrogens is 477 g/mol. The Morgan fingerprint density at radius 3 is 2.50 bits per heavy atom. The summed E-state index contributed by atoms with van der Waals surface area (Å²) in [5.41, 5.74) is 14.4. The van der Waals surface area contributed by atoms with Crippen molar-refractivity contribution in [2.75, 3.05) is 5.32 Å². The summed E-state index contributed by atoms with van der Waals surface area (Å²) in [5.74, 6) is 0.219. The number of fused-ring (bicyclic) bond motifs is 1. The quantitative estimate of drug-likeness (QED) is 0.273. The molecule has 172 valence electrons. The Labute approximate surface area is 204 Å². The second-order valence-electron chi connectivity index (χ2n) is 7.28. The van der Waals surface area contributed by atoms with Gasteiger partial charge in [-0.2, -0.15) is 0 Å². The van der Waals surface area contributed by atoms with E-state index in [1.165, 1.54) is 6.21 Å². The van der Waals surface area contributed by atoms with E-state index in [0.717, 1.165) is 11.4 Å². The van der Waals surface area contributed by atoms with Crippen molar-refractivity contribution in [2.45, 2.75) is 13.8 Å². The summed E-state index contributed by atoms with van der Waals surface area (Å²) in [4.78, 5) is 24.8. The van der Waals surface area contributed by atoms with Crippen LogP contribution in [0.5, 0.6) is 0 Å². The van der Waals surface area contributed by atoms with E-state index in [1.54, 1.807) is 36.5 Å². The normalized spacial score (nSPS) is 12.2. The summed E-state index contributed by atoms with van der Waals surface area (Å²) in [6.07, 6.45) is 2.88. The van der Waals surface area contributed by atoms with E-state index in [2.05, 4.69) is 30.5 Å². The van der Waals surface area contributed by atoms with Crippen LogP contribution in [0.15, 0.2) is 59.0 Å². The molecule has 0 aliphatic heterocycles. The monoisotopic (exact) mass is 495 g/mol. The minimum absolute atomic E-state index is 0.154. The van der Waals surface area contributed by atoms with Gasteiger partial charge in [0.15, 0.2) is 5.82 Å². The molecule has 3 aromatic heterocycles. The van der Waals surface area contributed by atoms with Gasteiger partial charge in [0, 0.05) is 11.4 Å². The first kappa shape index (κ1) is 23.1. The maximum atomic E-state index is 11.7. The van der Waals surface area contributed by atoms with Gasteiger partial charge in [-0.15, -0.1) is 10.2 Å². The highest BCUT2D eigenvalue weighted by Gasteiger charge is 2.14. The van der Waals surface area contributed by atoms with Crippen molar-refractivity contribution in [3.8, 4) is 11.5 Å². The molecule has 0 aliphatic carbocycles. The molecular formula is C22H19Cl2N9O. The Morgan fingerprint density at radius 1 is 1.12 bits per heavy atom. The Hall–Kier alpha value is -4.02. The number of halogens is 2. The lowest BCUT2D eigenvalue weighted by atomic mass is 10.2. The number of allylic oxidation sites excluding steroid dienone is 1. The average Bonchev–Trinajstić information content (AvgIpc) is 3.22. The van der Waals surface area contributed by atoms with Crippen LogP contribution in [0.1, 0.15) is 11.4 Å². The average molecular weight is 496 g/mol. The zero-order chi connectivity index (χ0) is 24.4. The number of primary amides is 1. The molecule has 1 aromatic carbocycles. The zero-order valence-corrected chi connectivity index (χ0v) is 19.6. The summed E-state index contributed by atoms with van der Waals surface area (Å²) < 4.78 is 1.82. The predicted octanol–water partition coefficient (Wildman–Crippen LogP) is 3.58. The largest absolute Gasteiger partial charge is 0.393 e. The van der Waals surface area contributed by atoms with Crippen LogP contribution in [0.25, 0.3) is 17.3 Å². The smallest absolute Gasteiger partial charge is 0.266 e. The van der Waals surface area contributed by atoms with Gasteiger partial charge in [-0.25, -0.2) is 4.98 Å². The Bertz CT molecular complexity index is 1440. The van der Waals surface area contributed by atoms with Gasteiger partial charge >= 0.3 is 0 Å². The number of aromatic nitrogens is 5. The van der Waals surface area contributed by atoms with Crippen molar-refractivity contribution in [3.05, 3.63) is 75.4 Å². The second kappa shape index (κ2) is 9.46. The number of nitrogens with one attached hydrogen (secondary N) is 1. The van der Waals surface area contributed by atoms with Gasteiger partial charge in [-0.1, -0.05) is 29.3 Å². The maximum absolute atomic E-state index is 11.7. The third kappa shape index (κ3) is 4.68. The number of hydrogen-bond acceptors (Lipinski definition) is 8. The number of aliphatic imine (C=N–C) groups is 1. The van der Waals surface area contributed by atoms with Gasteiger partial charge in [0.1, 0.15) is 17.1 Å². The van der Waals surface area contributed by atoms with Gasteiger partial charge in [-0.3, -0.25) is 19.2 Å². The highest BCUT2D eigenvalue weighted by Crippen LogP contribution is 2.32. The Kier molecular flexibility index (Phi) is 6.44. The summed E-state index contributed by atoms with van der Waals surface area (Å²) in [5, 5.41) is 12.0. The van der Waals surface area contributed by atoms with Crippen LogP contribution in [0, 0.1) is 13.8 Å². The van der Waals surface area contributed by atoms with Crippen molar-refractivity contribution in [2.24, 2.45) is 16.5 Å². The predicted molar refractivity (Wildman–Crippen MR) is 132 cm³/mol. The molecule has 0 saturated carbocycles. The molecule has 0 bridgehead atoms. The Balaban J connectivity index is 1.64. The van der Waals surface area contributed by atoms with Crippen molar-refractivity contribution in [1.82, 2.24) is 24.6 Å². The summed E-state index contributed by atoms with van der Waals surface area (Å²) in [6, 6.07) is 10.4. The highest BCUT2D eigenvalue weighted by molar-refractivity contribution is 6.38. The second-order valence-corrected chi connectivity index (χ2v) is 8.09. The van der Waals surface area contributed by atoms with Crippen molar-refractivity contribution < 1.29 is 4.79 Å². The lowest BCUT2D eigenvalue weighted by molar-refractivity contribution is -0.114. The van der Waals surface area contributed by atoms with Gasteiger partial charge in [0.2, 0.25) is 0 Å². The fourth-order valence-corrected chi connectivity index (χ4v) is 3.69. The first-order chi connectivity index (χ1) is 16.2. The first-order valence-corrected chi connectivity index (χ1v) is 10.7. The van der Waals surface area contributed by atoms with Crippen molar-refractivity contribution in [1.29, 1.82) is 0 Å². The number of pyridine rings is 1. The molecule has 5 N–H and O–H groups in total. The molecule has 0 unspecified atom stereocenters. The maximum Gasteiger partial charge on any atom is 0.266 e. The van der Waals surface area contributed by atoms with E-state index in [-0.39, 0.29) is 11.4 Å². The molecule has 3 heterocycles. The standard InChI is InChI=1S/C22H19Cl2N9O/c1-11-8-12(2)33-21(31-32-22(33)29-11)16-7-6-13(9-27-16)30-17(18(25)20(26)34)10-28-19-14(23)4-3-5-15(19)24/h3-10,30H,25H2,1-2H3,(H2,26,34). The molecule has 34 heavy (non-hydrogen) atoms. The molecule has 0 spiro atoms. The van der Waals surface area contributed by atoms with E-state index in [4.69, 9.17) is 34.7 Å². The number of anilines is 1. The molecule has 4 rings (SSSR count). The Morgan fingerprint density at radius 2 is 1.85 bits per heavy atom. The van der Waals surface area contributed by atoms with Gasteiger partial charge < -0.3 is 16.8 Å². The number of rotatable bonds is 6. The summed E-state index contributed by atoms with van der Waals surface area (Å²) >= 11 is 12.3. The number of carbonyl (C=O) groups is 1. The van der Waals surface area contributed by atoms with Gasteiger partial charge in [0.05, 0.1) is 33.8 Å². The topological polar surface area (TPSA) is 149 Å². The fourth-order valence-electron chi connectivity index (χ4n) is 3.19. The van der Waals surface area contributed by atoms with E-state index in [0.29, 0.717) is 38.7 Å². The number of hydrogen-bond donors (Lipinski definition) is 3. The van der Waals surface area contributed by atoms with Crippen molar-refractivity contribution in [3.63, 3.8) is 0 Å². The molecule has 4 aromatic rings. The number of carbonyl (C=O) groups excluding carboxylic acids is 1. The number of para-hydroxylation sites is 1. The number of amides is 1. The van der Waals surface area contributed by atoms with Crippen LogP contribution >= 0.6 is 23.2 Å². The minimum atomic E-state index is -0.822. The third-order valence-corrected chi connectivity index (χ3v) is 5.39. The van der Waals surface area contributed by atoms with E-state index < -0.39 is 5.91 Å². The summed E-state index contributed by atoms with van der Waals surface area (Å²) in [7, 11) is 0. The van der Waals surface area contributed by atoms with Gasteiger partial charge in [-0.05, 0) is 44.2 Å². The van der Waals surface area contributed by atoms with E-state index in [1.807, 2.05) is 24.3 Å². The van der Waals surface area contributed by atoms with Crippen LogP contribution in [-0.2, 0) is 4.79 Å². The molecule has 0 aliphatic rings. The highest BCUT2D eigenvalue weighted by atomic mass is 35.5. The van der Waals surface area contributed by atoms with Crippen LogP contribution in [0.2, 0.25) is 10.0 Å². The lowest BCUT2D eigenvalue weighted by Gasteiger charge is -2.10. The lowest BCUT2D eigenvalue weighted by Crippen LogP contribution is -2.25. The summed E-state index contributed by atoms with van der Waals surface area (Å²) in [6.45, 7) is 3.84. The fraction of sp³-hybridized carbons (Fsp3) is 0.0909. The first-order valence-electron chi connectivity index (χ1n) is 9.95. The van der Waals surface area contributed by atoms with Crippen LogP contribution < -0.4 is 16.8 Å². The molecule has 0 fully saturated rings. The number of nitrogens with zero attached hydrogens (tertiary/aromatic N) is 6. The minimum Gasteiger partial charge on any atom is -0.393 e. The molecule has 0 saturated heterocycles. The van der Waals surface area contributed by atoms with Crippen LogP contribution in [0.3, 0.4) is 0 Å². The van der Waals surface area contributed by atoms with E-state index >= 15 is 0 Å². The number of benzene rings is 1. The third-order valence-electron chi connectivity index (χ3n) is 4.78. The molecule has 0 radical (unpaired) electrons. The van der Waals surface area contributed by atoms with Crippen molar-refractivity contribution >= 4 is 52.5 Å². The molecule has 10 nitrogen and oxygen atoms in total. The molecule has 1 amide bonds. The SMILES string of the molecule is Cc1cc(C)n2c(-c3ccc(NC(C=Nc4c(Cl)cccc4Cl)=C(N)C(N)=O)cn3)nnc2n1. The van der Waals surface area contributed by atoms with E-state index in [9.17, 15) is 4.79 Å². The molecule has 12 heteroatoms. The van der Waals surface area contributed by atoms with Crippen LogP contribution in [-0.4, -0.2) is 36.7 Å².